The highest BCUT2D eigenvalue weighted by molar-refractivity contribution is 6.13. The molecule has 2 fully saturated rings. The summed E-state index contributed by atoms with van der Waals surface area (Å²) in [5.41, 5.74) is 3.88. The Balaban J connectivity index is 1.09. The Hall–Kier alpha value is -4.94. The van der Waals surface area contributed by atoms with Crippen LogP contribution in [0.2, 0.25) is 0 Å². The van der Waals surface area contributed by atoms with Crippen molar-refractivity contribution in [3.63, 3.8) is 0 Å². The number of amides is 2. The van der Waals surface area contributed by atoms with Crippen LogP contribution in [0.3, 0.4) is 0 Å². The Morgan fingerprint density at radius 3 is 2.50 bits per heavy atom. The Labute approximate surface area is 267 Å². The SMILES string of the molecule is Cc1cn2cc(NC(=O)c3ccc(N4CCC(N(C(=O)OC(C)(C)C)C5CC5)CC4)c4cn(C)nc34)nc2c(Cn2cccn2)n1. The number of benzene rings is 1. The van der Waals surface area contributed by atoms with E-state index in [-0.39, 0.29) is 24.1 Å². The van der Waals surface area contributed by atoms with Gasteiger partial charge in [-0.3, -0.25) is 19.1 Å². The molecule has 13 heteroatoms. The van der Waals surface area contributed by atoms with E-state index < -0.39 is 5.60 Å². The van der Waals surface area contributed by atoms with Gasteiger partial charge in [0.1, 0.15) is 16.8 Å². The molecule has 1 aromatic carbocycles. The van der Waals surface area contributed by atoms with Crippen molar-refractivity contribution in [3.05, 3.63) is 66.1 Å². The number of anilines is 2. The Bertz CT molecular complexity index is 1910. The lowest BCUT2D eigenvalue weighted by molar-refractivity contribution is 0.0114. The number of piperidine rings is 1. The fourth-order valence-corrected chi connectivity index (χ4v) is 6.41. The molecule has 1 saturated heterocycles. The summed E-state index contributed by atoms with van der Waals surface area (Å²) in [5, 5.41) is 12.9. The molecule has 1 saturated carbocycles. The maximum absolute atomic E-state index is 13.7. The van der Waals surface area contributed by atoms with Gasteiger partial charge in [0, 0.05) is 68.1 Å². The third kappa shape index (κ3) is 6.01. The monoisotopic (exact) mass is 624 g/mol. The first-order chi connectivity index (χ1) is 22.0. The van der Waals surface area contributed by atoms with Crippen LogP contribution in [0.4, 0.5) is 16.3 Å². The number of carbonyl (C=O) groups is 2. The molecule has 5 aromatic rings. The minimum atomic E-state index is -0.518. The van der Waals surface area contributed by atoms with Crippen LogP contribution in [0, 0.1) is 6.92 Å². The predicted octanol–water partition coefficient (Wildman–Crippen LogP) is 4.79. The first kappa shape index (κ1) is 29.8. The fourth-order valence-electron chi connectivity index (χ4n) is 6.41. The van der Waals surface area contributed by atoms with Gasteiger partial charge in [0.05, 0.1) is 24.0 Å². The lowest BCUT2D eigenvalue weighted by Gasteiger charge is -2.40. The van der Waals surface area contributed by atoms with E-state index in [1.807, 2.05) is 80.8 Å². The van der Waals surface area contributed by atoms with E-state index in [4.69, 9.17) is 9.72 Å². The van der Waals surface area contributed by atoms with Gasteiger partial charge in [0.2, 0.25) is 0 Å². The van der Waals surface area contributed by atoms with Crippen LogP contribution < -0.4 is 10.2 Å². The summed E-state index contributed by atoms with van der Waals surface area (Å²) in [7, 11) is 1.87. The van der Waals surface area contributed by atoms with Gasteiger partial charge in [-0.2, -0.15) is 10.2 Å². The molecule has 4 aromatic heterocycles. The summed E-state index contributed by atoms with van der Waals surface area (Å²) in [6, 6.07) is 6.15. The molecule has 0 unspecified atom stereocenters. The summed E-state index contributed by atoms with van der Waals surface area (Å²) in [6.45, 7) is 9.72. The Morgan fingerprint density at radius 2 is 1.80 bits per heavy atom. The van der Waals surface area contributed by atoms with Crippen molar-refractivity contribution in [2.24, 2.45) is 7.05 Å². The zero-order chi connectivity index (χ0) is 32.2. The highest BCUT2D eigenvalue weighted by Crippen LogP contribution is 2.36. The maximum atomic E-state index is 13.7. The number of imidazole rings is 1. The van der Waals surface area contributed by atoms with Gasteiger partial charge in [-0.15, -0.1) is 0 Å². The molecule has 0 spiro atoms. The standard InChI is InChI=1S/C33H40N10O3/c1-21-17-41-20-28(36-30(41)26(35-21)19-42-14-6-13-34-42)37-31(44)24-9-10-27(25-18-39(5)38-29(24)25)40-15-11-23(12-16-40)43(22-7-8-22)32(45)46-33(2,3)4/h6,9-10,13-14,17-18,20,22-23H,7-8,11-12,15-16,19H2,1-5H3,(H,37,44). The van der Waals surface area contributed by atoms with E-state index in [0.29, 0.717) is 29.1 Å². The molecule has 0 bridgehead atoms. The van der Waals surface area contributed by atoms with E-state index in [9.17, 15) is 9.59 Å². The zero-order valence-electron chi connectivity index (χ0n) is 27.0. The van der Waals surface area contributed by atoms with Crippen molar-refractivity contribution >= 4 is 40.1 Å². The van der Waals surface area contributed by atoms with Crippen LogP contribution in [0.25, 0.3) is 16.6 Å². The second-order valence-corrected chi connectivity index (χ2v) is 13.4. The van der Waals surface area contributed by atoms with Crippen LogP contribution in [0.5, 0.6) is 0 Å². The lowest BCUT2D eigenvalue weighted by atomic mass is 10.0. The minimum Gasteiger partial charge on any atom is -0.444 e. The average Bonchev–Trinajstić information content (AvgIpc) is 3.33. The third-order valence-electron chi connectivity index (χ3n) is 8.50. The molecule has 0 radical (unpaired) electrons. The van der Waals surface area contributed by atoms with E-state index in [2.05, 4.69) is 25.4 Å². The quantitative estimate of drug-likeness (QED) is 0.274. The topological polar surface area (TPSA) is 128 Å². The average molecular weight is 625 g/mol. The van der Waals surface area contributed by atoms with Crippen molar-refractivity contribution in [1.82, 2.24) is 38.8 Å². The molecule has 0 atom stereocenters. The molecule has 46 heavy (non-hydrogen) atoms. The van der Waals surface area contributed by atoms with Crippen LogP contribution in [-0.2, 0) is 18.3 Å². The maximum Gasteiger partial charge on any atom is 0.410 e. The number of carbonyl (C=O) groups excluding carboxylic acids is 2. The van der Waals surface area contributed by atoms with Gasteiger partial charge in [-0.1, -0.05) is 0 Å². The van der Waals surface area contributed by atoms with Gasteiger partial charge in [-0.05, 0) is 71.6 Å². The first-order valence-corrected chi connectivity index (χ1v) is 15.9. The fraction of sp³-hybridized carbons (Fsp3) is 0.455. The smallest absolute Gasteiger partial charge is 0.410 e. The largest absolute Gasteiger partial charge is 0.444 e. The first-order valence-electron chi connectivity index (χ1n) is 15.9. The van der Waals surface area contributed by atoms with Crippen LogP contribution in [0.15, 0.2) is 49.2 Å². The van der Waals surface area contributed by atoms with Gasteiger partial charge in [0.15, 0.2) is 11.5 Å². The number of rotatable bonds is 7. The van der Waals surface area contributed by atoms with E-state index in [1.54, 1.807) is 21.8 Å². The van der Waals surface area contributed by atoms with Crippen LogP contribution >= 0.6 is 0 Å². The number of aryl methyl sites for hydroxylation is 2. The highest BCUT2D eigenvalue weighted by atomic mass is 16.6. The highest BCUT2D eigenvalue weighted by Gasteiger charge is 2.41. The molecule has 2 aliphatic rings. The third-order valence-corrected chi connectivity index (χ3v) is 8.50. The molecule has 1 aliphatic heterocycles. The summed E-state index contributed by atoms with van der Waals surface area (Å²) < 4.78 is 11.2. The summed E-state index contributed by atoms with van der Waals surface area (Å²) in [6.07, 6.45) is 12.8. The molecule has 2 amide bonds. The molecule has 1 aliphatic carbocycles. The number of aromatic nitrogens is 7. The molecule has 5 heterocycles. The van der Waals surface area contributed by atoms with Crippen LogP contribution in [0.1, 0.15) is 68.2 Å². The van der Waals surface area contributed by atoms with Gasteiger partial charge >= 0.3 is 6.09 Å². The molecule has 7 rings (SSSR count). The minimum absolute atomic E-state index is 0.150. The van der Waals surface area contributed by atoms with E-state index in [0.717, 1.165) is 61.2 Å². The lowest BCUT2D eigenvalue weighted by Crippen LogP contribution is -2.50. The molecular formula is C33H40N10O3. The zero-order valence-corrected chi connectivity index (χ0v) is 27.0. The van der Waals surface area contributed by atoms with Crippen molar-refractivity contribution in [1.29, 1.82) is 0 Å². The molecule has 1 N–H and O–H groups in total. The van der Waals surface area contributed by atoms with Crippen molar-refractivity contribution in [3.8, 4) is 0 Å². The van der Waals surface area contributed by atoms with Crippen molar-refractivity contribution in [2.45, 2.75) is 77.6 Å². The number of ether oxygens (including phenoxy) is 1. The number of nitrogens with zero attached hydrogens (tertiary/aromatic N) is 9. The Kier molecular flexibility index (Phi) is 7.41. The Morgan fingerprint density at radius 1 is 1.04 bits per heavy atom. The second-order valence-electron chi connectivity index (χ2n) is 13.4. The van der Waals surface area contributed by atoms with Crippen LogP contribution in [-0.4, -0.2) is 81.6 Å². The van der Waals surface area contributed by atoms with Gasteiger partial charge < -0.3 is 24.3 Å². The normalized spacial score (nSPS) is 15.9. The molecule has 13 nitrogen and oxygen atoms in total. The number of nitrogens with one attached hydrogen (secondary N) is 1. The van der Waals surface area contributed by atoms with Crippen molar-refractivity contribution in [2.75, 3.05) is 23.3 Å². The summed E-state index contributed by atoms with van der Waals surface area (Å²) in [4.78, 5) is 40.4. The number of hydrogen-bond donors (Lipinski definition) is 1. The van der Waals surface area contributed by atoms with Gasteiger partial charge in [0.25, 0.3) is 5.91 Å². The predicted molar refractivity (Wildman–Crippen MR) is 174 cm³/mol. The van der Waals surface area contributed by atoms with Gasteiger partial charge in [-0.25, -0.2) is 9.78 Å². The number of hydrogen-bond acceptors (Lipinski definition) is 8. The van der Waals surface area contributed by atoms with E-state index >= 15 is 0 Å². The van der Waals surface area contributed by atoms with Crippen molar-refractivity contribution < 1.29 is 14.3 Å². The molecule has 240 valence electrons. The second kappa shape index (κ2) is 11.5. The summed E-state index contributed by atoms with van der Waals surface area (Å²) >= 11 is 0. The summed E-state index contributed by atoms with van der Waals surface area (Å²) in [5.74, 6) is 0.146. The number of fused-ring (bicyclic) bond motifs is 2. The van der Waals surface area contributed by atoms with E-state index in [1.165, 1.54) is 0 Å². The molecular weight excluding hydrogens is 584 g/mol.